The van der Waals surface area contributed by atoms with Gasteiger partial charge in [0.25, 0.3) is 0 Å². The summed E-state index contributed by atoms with van der Waals surface area (Å²) in [6.45, 7) is 18.1. The van der Waals surface area contributed by atoms with Gasteiger partial charge in [-0.05, 0) is 83.3 Å². The molecule has 0 aromatic carbocycles. The van der Waals surface area contributed by atoms with E-state index >= 15 is 0 Å². The van der Waals surface area contributed by atoms with Crippen LogP contribution in [0.25, 0.3) is 0 Å². The van der Waals surface area contributed by atoms with Crippen molar-refractivity contribution in [2.75, 3.05) is 0 Å². The second kappa shape index (κ2) is 6.12. The summed E-state index contributed by atoms with van der Waals surface area (Å²) < 4.78 is 0. The van der Waals surface area contributed by atoms with Crippen LogP contribution in [0.1, 0.15) is 53.4 Å². The smallest absolute Gasteiger partial charge is 0.0270 e. The Labute approximate surface area is 159 Å². The van der Waals surface area contributed by atoms with Crippen molar-refractivity contribution in [1.82, 2.24) is 0 Å². The van der Waals surface area contributed by atoms with Crippen LogP contribution in [0.5, 0.6) is 0 Å². The van der Waals surface area contributed by atoms with Gasteiger partial charge >= 0.3 is 0 Å². The van der Waals surface area contributed by atoms with Crippen LogP contribution in [-0.2, 0) is 0 Å². The van der Waals surface area contributed by atoms with Crippen LogP contribution in [0, 0.1) is 23.2 Å². The minimum Gasteiger partial charge on any atom is -0.0991 e. The zero-order chi connectivity index (χ0) is 18.6. The van der Waals surface area contributed by atoms with Crippen molar-refractivity contribution in [2.45, 2.75) is 53.4 Å². The molecule has 136 valence electrons. The summed E-state index contributed by atoms with van der Waals surface area (Å²) in [6, 6.07) is 0. The Morgan fingerprint density at radius 1 is 1.27 bits per heavy atom. The van der Waals surface area contributed by atoms with Crippen LogP contribution in [0.4, 0.5) is 0 Å². The molecule has 0 spiro atoms. The van der Waals surface area contributed by atoms with E-state index in [0.717, 1.165) is 0 Å². The molecule has 1 fully saturated rings. The van der Waals surface area contributed by atoms with Crippen LogP contribution in [0.3, 0.4) is 0 Å². The Morgan fingerprint density at radius 3 is 2.77 bits per heavy atom. The minimum absolute atomic E-state index is 0.201. The van der Waals surface area contributed by atoms with Gasteiger partial charge in [-0.25, -0.2) is 0 Å². The summed E-state index contributed by atoms with van der Waals surface area (Å²) in [4.78, 5) is 0. The SMILES string of the molecule is C=CC=C1C2=C(C)C3=C4C(CC=C3)CCC(=C)C4C2=CC(C)(C)CC1C. The first-order chi connectivity index (χ1) is 12.3. The van der Waals surface area contributed by atoms with Gasteiger partial charge in [0.2, 0.25) is 0 Å². The summed E-state index contributed by atoms with van der Waals surface area (Å²) in [7, 11) is 0. The molecule has 3 unspecified atom stereocenters. The van der Waals surface area contributed by atoms with Crippen molar-refractivity contribution >= 4 is 0 Å². The number of hydrogen-bond acceptors (Lipinski definition) is 0. The molecule has 3 atom stereocenters. The molecular weight excluding hydrogens is 312 g/mol. The molecular formula is C26H32. The van der Waals surface area contributed by atoms with Gasteiger partial charge in [-0.2, -0.15) is 0 Å². The Hall–Kier alpha value is -1.82. The highest BCUT2D eigenvalue weighted by molar-refractivity contribution is 5.69. The Bertz CT molecular complexity index is 831. The lowest BCUT2D eigenvalue weighted by Crippen LogP contribution is -2.30. The zero-order valence-corrected chi connectivity index (χ0v) is 16.9. The maximum atomic E-state index is 4.55. The average molecular weight is 345 g/mol. The molecule has 0 heterocycles. The van der Waals surface area contributed by atoms with Gasteiger partial charge in [0.15, 0.2) is 0 Å². The van der Waals surface area contributed by atoms with Crippen molar-refractivity contribution in [3.63, 3.8) is 0 Å². The standard InChI is InChI=1S/C26H32/c1-7-9-20-17(3)14-26(5,6)15-22-23-16(2)12-13-19-10-8-11-21(25(19)23)18(4)24(20)22/h7-9,11,15,17,19,23H,1-2,10,12-14H2,3-6H3. The minimum atomic E-state index is 0.201. The maximum absolute atomic E-state index is 4.55. The molecule has 26 heavy (non-hydrogen) atoms. The molecule has 4 aliphatic rings. The van der Waals surface area contributed by atoms with Crippen LogP contribution in [0.2, 0.25) is 0 Å². The van der Waals surface area contributed by atoms with Gasteiger partial charge in [-0.3, -0.25) is 0 Å². The van der Waals surface area contributed by atoms with Crippen molar-refractivity contribution in [3.8, 4) is 0 Å². The van der Waals surface area contributed by atoms with E-state index < -0.39 is 0 Å². The second-order valence-electron chi connectivity index (χ2n) is 9.39. The molecule has 0 heteroatoms. The Morgan fingerprint density at radius 2 is 2.04 bits per heavy atom. The van der Waals surface area contributed by atoms with Crippen LogP contribution in [-0.4, -0.2) is 0 Å². The fourth-order valence-electron chi connectivity index (χ4n) is 5.94. The summed E-state index contributed by atoms with van der Waals surface area (Å²) >= 11 is 0. The quantitative estimate of drug-likeness (QED) is 0.439. The highest BCUT2D eigenvalue weighted by Gasteiger charge is 2.43. The summed E-state index contributed by atoms with van der Waals surface area (Å²) in [5.41, 5.74) is 10.7. The molecule has 0 saturated heterocycles. The molecule has 0 bridgehead atoms. The molecule has 1 saturated carbocycles. The second-order valence-corrected chi connectivity index (χ2v) is 9.39. The Kier molecular flexibility index (Phi) is 4.14. The van der Waals surface area contributed by atoms with Gasteiger partial charge in [0.05, 0.1) is 0 Å². The van der Waals surface area contributed by atoms with E-state index in [-0.39, 0.29) is 5.41 Å². The molecule has 0 aromatic rings. The van der Waals surface area contributed by atoms with E-state index in [4.69, 9.17) is 0 Å². The van der Waals surface area contributed by atoms with Gasteiger partial charge in [-0.1, -0.05) is 69.9 Å². The number of rotatable bonds is 1. The normalized spacial score (nSPS) is 34.3. The summed E-state index contributed by atoms with van der Waals surface area (Å²) in [5, 5.41) is 0. The van der Waals surface area contributed by atoms with E-state index in [1.165, 1.54) is 59.1 Å². The highest BCUT2D eigenvalue weighted by Crippen LogP contribution is 2.56. The molecule has 0 aliphatic heterocycles. The third kappa shape index (κ3) is 2.57. The third-order valence-electron chi connectivity index (χ3n) is 6.86. The van der Waals surface area contributed by atoms with Crippen LogP contribution >= 0.6 is 0 Å². The highest BCUT2D eigenvalue weighted by atomic mass is 14.5. The number of hydrogen-bond donors (Lipinski definition) is 0. The molecule has 0 amide bonds. The van der Waals surface area contributed by atoms with Crippen LogP contribution < -0.4 is 0 Å². The van der Waals surface area contributed by atoms with Crippen molar-refractivity contribution in [1.29, 1.82) is 0 Å². The van der Waals surface area contributed by atoms with E-state index in [1.54, 1.807) is 5.57 Å². The van der Waals surface area contributed by atoms with Gasteiger partial charge < -0.3 is 0 Å². The van der Waals surface area contributed by atoms with Crippen molar-refractivity contribution in [2.24, 2.45) is 23.2 Å². The fraction of sp³-hybridized carbons (Fsp3) is 0.462. The van der Waals surface area contributed by atoms with Crippen molar-refractivity contribution in [3.05, 3.63) is 82.5 Å². The molecule has 0 nitrogen and oxygen atoms in total. The predicted octanol–water partition coefficient (Wildman–Crippen LogP) is 7.26. The average Bonchev–Trinajstić information content (AvgIpc) is 2.67. The third-order valence-corrected chi connectivity index (χ3v) is 6.86. The van der Waals surface area contributed by atoms with Gasteiger partial charge in [0, 0.05) is 5.92 Å². The van der Waals surface area contributed by atoms with Crippen LogP contribution in [0.15, 0.2) is 82.5 Å². The monoisotopic (exact) mass is 344 g/mol. The molecule has 0 radical (unpaired) electrons. The molecule has 0 N–H and O–H groups in total. The summed E-state index contributed by atoms with van der Waals surface area (Å²) in [6.07, 6.45) is 16.4. The first kappa shape index (κ1) is 17.6. The van der Waals surface area contributed by atoms with Gasteiger partial charge in [0.1, 0.15) is 0 Å². The number of fused-ring (bicyclic) bond motifs is 2. The first-order valence-corrected chi connectivity index (χ1v) is 10.2. The topological polar surface area (TPSA) is 0 Å². The lowest BCUT2D eigenvalue weighted by molar-refractivity contribution is 0.382. The molecule has 0 aromatic heterocycles. The number of allylic oxidation sites excluding steroid dienone is 12. The largest absolute Gasteiger partial charge is 0.0991 e. The zero-order valence-electron chi connectivity index (χ0n) is 16.9. The van der Waals surface area contributed by atoms with E-state index in [9.17, 15) is 0 Å². The predicted molar refractivity (Wildman–Crippen MR) is 113 cm³/mol. The van der Waals surface area contributed by atoms with Gasteiger partial charge in [-0.15, -0.1) is 0 Å². The van der Waals surface area contributed by atoms with Crippen molar-refractivity contribution < 1.29 is 0 Å². The Balaban J connectivity index is 2.05. The van der Waals surface area contributed by atoms with E-state index in [2.05, 4.69) is 65.2 Å². The lowest BCUT2D eigenvalue weighted by Gasteiger charge is -2.43. The maximum Gasteiger partial charge on any atom is 0.0270 e. The summed E-state index contributed by atoms with van der Waals surface area (Å²) in [5.74, 6) is 1.66. The first-order valence-electron chi connectivity index (χ1n) is 10.2. The molecule has 4 rings (SSSR count). The van der Waals surface area contributed by atoms with E-state index in [0.29, 0.717) is 17.8 Å². The molecule has 4 aliphatic carbocycles. The fourth-order valence-corrected chi connectivity index (χ4v) is 5.94. The lowest BCUT2D eigenvalue weighted by atomic mass is 9.60. The van der Waals surface area contributed by atoms with E-state index in [1.807, 2.05) is 6.08 Å².